The largest absolute Gasteiger partial charge is 0.507 e. The first-order valence-electron chi connectivity index (χ1n) is 12.6. The van der Waals surface area contributed by atoms with Crippen LogP contribution in [0.4, 0.5) is 0 Å². The van der Waals surface area contributed by atoms with Gasteiger partial charge in [0.1, 0.15) is 11.5 Å². The molecule has 2 rings (SSSR count). The fraction of sp³-hybridized carbons (Fsp3) is 0.700. The molecule has 0 saturated heterocycles. The van der Waals surface area contributed by atoms with E-state index in [0.717, 1.165) is 35.5 Å². The smallest absolute Gasteiger partial charge is 0.144 e. The number of rotatable bonds is 6. The molecule has 1 aromatic rings. The Kier molecular flexibility index (Phi) is 8.64. The number of phenols is 1. The maximum atomic E-state index is 13.3. The van der Waals surface area contributed by atoms with E-state index in [9.17, 15) is 9.90 Å². The molecule has 0 spiro atoms. The molecule has 3 heteroatoms. The van der Waals surface area contributed by atoms with Crippen molar-refractivity contribution in [3.8, 4) is 5.75 Å². The Bertz CT molecular complexity index is 872. The fourth-order valence-electron chi connectivity index (χ4n) is 4.79. The Labute approximate surface area is 208 Å². The van der Waals surface area contributed by atoms with Crippen molar-refractivity contribution in [1.82, 2.24) is 0 Å². The van der Waals surface area contributed by atoms with Crippen LogP contribution in [-0.4, -0.2) is 16.6 Å². The summed E-state index contributed by atoms with van der Waals surface area (Å²) >= 11 is 1.93. The lowest BCUT2D eigenvalue weighted by Crippen LogP contribution is -2.41. The topological polar surface area (TPSA) is 37.3 Å². The van der Waals surface area contributed by atoms with Crippen LogP contribution in [0.5, 0.6) is 5.75 Å². The van der Waals surface area contributed by atoms with Gasteiger partial charge in [0.25, 0.3) is 0 Å². The zero-order valence-corrected chi connectivity index (χ0v) is 23.9. The normalized spacial score (nSPS) is 20.4. The van der Waals surface area contributed by atoms with Crippen molar-refractivity contribution in [3.63, 3.8) is 0 Å². The second-order valence-corrected chi connectivity index (χ2v) is 14.7. The third-order valence-corrected chi connectivity index (χ3v) is 7.85. The number of allylic oxidation sites excluding steroid dienone is 1. The average Bonchev–Trinajstić information content (AvgIpc) is 2.62. The van der Waals surface area contributed by atoms with E-state index in [1.54, 1.807) is 0 Å². The number of benzene rings is 1. The van der Waals surface area contributed by atoms with Crippen LogP contribution in [0, 0.1) is 28.6 Å². The number of aromatic hydroxyl groups is 1. The van der Waals surface area contributed by atoms with Crippen molar-refractivity contribution >= 4 is 17.5 Å². The standard InChI is InChI=1S/C30H48O2S/c1-19(2)12-22-13-20(14-23(26(22)31)28(3,4)5)17-33-18-21-15-24(29(6,7)8)27(32)25(16-21)30(9,10)11/h13-15,19,24-25,31H,12,16-18H2,1-11H3. The molecule has 0 aliphatic heterocycles. The molecule has 0 amide bonds. The van der Waals surface area contributed by atoms with E-state index in [0.29, 0.717) is 17.5 Å². The maximum absolute atomic E-state index is 13.3. The zero-order chi connectivity index (χ0) is 25.4. The van der Waals surface area contributed by atoms with Crippen LogP contribution < -0.4 is 0 Å². The van der Waals surface area contributed by atoms with Gasteiger partial charge in [-0.05, 0) is 51.7 Å². The fourth-order valence-corrected chi connectivity index (χ4v) is 5.77. The van der Waals surface area contributed by atoms with Gasteiger partial charge >= 0.3 is 0 Å². The van der Waals surface area contributed by atoms with E-state index in [-0.39, 0.29) is 28.1 Å². The number of Topliss-reactive ketones (excluding diaryl/α,β-unsaturated/α-hetero) is 1. The molecule has 2 unspecified atom stereocenters. The van der Waals surface area contributed by atoms with Crippen LogP contribution >= 0.6 is 11.8 Å². The van der Waals surface area contributed by atoms with E-state index in [2.05, 4.69) is 94.4 Å². The Balaban J connectivity index is 2.25. The minimum absolute atomic E-state index is 0.00937. The molecule has 1 N–H and O–H groups in total. The van der Waals surface area contributed by atoms with Crippen molar-refractivity contribution in [3.05, 3.63) is 40.5 Å². The zero-order valence-electron chi connectivity index (χ0n) is 23.1. The highest BCUT2D eigenvalue weighted by Crippen LogP contribution is 2.44. The first-order chi connectivity index (χ1) is 14.9. The molecular weight excluding hydrogens is 424 g/mol. The monoisotopic (exact) mass is 472 g/mol. The number of hydrogen-bond donors (Lipinski definition) is 1. The minimum atomic E-state index is -0.0946. The lowest BCUT2D eigenvalue weighted by molar-refractivity contribution is -0.132. The van der Waals surface area contributed by atoms with Gasteiger partial charge in [-0.25, -0.2) is 0 Å². The molecule has 186 valence electrons. The highest BCUT2D eigenvalue weighted by molar-refractivity contribution is 7.98. The number of thioether (sulfide) groups is 1. The molecule has 2 nitrogen and oxygen atoms in total. The highest BCUT2D eigenvalue weighted by atomic mass is 32.2. The molecule has 2 atom stereocenters. The van der Waals surface area contributed by atoms with Crippen molar-refractivity contribution in [1.29, 1.82) is 0 Å². The lowest BCUT2D eigenvalue weighted by atomic mass is 9.63. The van der Waals surface area contributed by atoms with Gasteiger partial charge < -0.3 is 5.11 Å². The van der Waals surface area contributed by atoms with Gasteiger partial charge in [0.05, 0.1) is 0 Å². The van der Waals surface area contributed by atoms with Gasteiger partial charge in [0.15, 0.2) is 0 Å². The van der Waals surface area contributed by atoms with Crippen LogP contribution in [0.1, 0.15) is 99.3 Å². The van der Waals surface area contributed by atoms with E-state index < -0.39 is 0 Å². The number of carbonyl (C=O) groups is 1. The highest BCUT2D eigenvalue weighted by Gasteiger charge is 2.42. The van der Waals surface area contributed by atoms with Gasteiger partial charge in [0.2, 0.25) is 0 Å². The number of hydrogen-bond acceptors (Lipinski definition) is 3. The maximum Gasteiger partial charge on any atom is 0.144 e. The Morgan fingerprint density at radius 2 is 1.58 bits per heavy atom. The Hall–Kier alpha value is -1.22. The summed E-state index contributed by atoms with van der Waals surface area (Å²) < 4.78 is 0. The van der Waals surface area contributed by atoms with Gasteiger partial charge in [-0.2, -0.15) is 11.8 Å². The summed E-state index contributed by atoms with van der Waals surface area (Å²) in [7, 11) is 0. The number of ketones is 1. The van der Waals surface area contributed by atoms with Crippen LogP contribution in [-0.2, 0) is 22.4 Å². The first kappa shape index (κ1) is 28.0. The van der Waals surface area contributed by atoms with E-state index in [4.69, 9.17) is 0 Å². The summed E-state index contributed by atoms with van der Waals surface area (Å²) in [6.45, 7) is 24.1. The number of phenolic OH excluding ortho intramolecular Hbond substituents is 1. The number of carbonyl (C=O) groups excluding carboxylic acids is 1. The van der Waals surface area contributed by atoms with E-state index in [1.165, 1.54) is 11.1 Å². The van der Waals surface area contributed by atoms with Gasteiger partial charge in [-0.15, -0.1) is 0 Å². The molecule has 0 fully saturated rings. The van der Waals surface area contributed by atoms with Gasteiger partial charge in [-0.3, -0.25) is 4.79 Å². The van der Waals surface area contributed by atoms with Crippen molar-refractivity contribution in [2.45, 2.75) is 100 Å². The summed E-state index contributed by atoms with van der Waals surface area (Å²) in [5.74, 6) is 3.33. The molecule has 33 heavy (non-hydrogen) atoms. The van der Waals surface area contributed by atoms with Crippen molar-refractivity contribution in [2.24, 2.45) is 28.6 Å². The quantitative estimate of drug-likeness (QED) is 0.423. The van der Waals surface area contributed by atoms with Crippen molar-refractivity contribution < 1.29 is 9.90 Å². The molecule has 0 bridgehead atoms. The van der Waals surface area contributed by atoms with Gasteiger partial charge in [0, 0.05) is 23.3 Å². The first-order valence-corrected chi connectivity index (χ1v) is 13.7. The summed E-state index contributed by atoms with van der Waals surface area (Å²) in [6, 6.07) is 4.40. The molecule has 0 aromatic heterocycles. The molecule has 0 heterocycles. The summed E-state index contributed by atoms with van der Waals surface area (Å²) in [6.07, 6.45) is 4.05. The molecule has 1 aromatic carbocycles. The molecule has 1 aliphatic rings. The van der Waals surface area contributed by atoms with Crippen LogP contribution in [0.25, 0.3) is 0 Å². The van der Waals surface area contributed by atoms with E-state index >= 15 is 0 Å². The molecule has 0 saturated carbocycles. The summed E-state index contributed by atoms with van der Waals surface area (Å²) in [4.78, 5) is 13.3. The van der Waals surface area contributed by atoms with E-state index in [1.807, 2.05) is 11.8 Å². The minimum Gasteiger partial charge on any atom is -0.507 e. The van der Waals surface area contributed by atoms with Crippen molar-refractivity contribution in [2.75, 3.05) is 5.75 Å². The van der Waals surface area contributed by atoms with Crippen LogP contribution in [0.15, 0.2) is 23.8 Å². The molecule has 1 aliphatic carbocycles. The Morgan fingerprint density at radius 3 is 2.06 bits per heavy atom. The third kappa shape index (κ3) is 7.38. The molecule has 0 radical (unpaired) electrons. The Morgan fingerprint density at radius 1 is 0.970 bits per heavy atom. The SMILES string of the molecule is CC(C)Cc1cc(CSCC2=CC(C(C)(C)C)C(=O)C(C(C)(C)C)C2)cc(C(C)(C)C)c1O. The third-order valence-electron chi connectivity index (χ3n) is 6.74. The summed E-state index contributed by atoms with van der Waals surface area (Å²) in [5, 5.41) is 10.9. The lowest BCUT2D eigenvalue weighted by Gasteiger charge is -2.40. The molecular formula is C30H48O2S. The van der Waals surface area contributed by atoms with Crippen LogP contribution in [0.3, 0.4) is 0 Å². The van der Waals surface area contributed by atoms with Gasteiger partial charge in [-0.1, -0.05) is 99.9 Å². The summed E-state index contributed by atoms with van der Waals surface area (Å²) in [5.41, 5.74) is 4.64. The predicted octanol–water partition coefficient (Wildman–Crippen LogP) is 8.35. The second kappa shape index (κ2) is 10.2. The average molecular weight is 473 g/mol. The second-order valence-electron chi connectivity index (χ2n) is 13.7. The predicted molar refractivity (Wildman–Crippen MR) is 145 cm³/mol. The van der Waals surface area contributed by atoms with Crippen LogP contribution in [0.2, 0.25) is 0 Å².